The number of rotatable bonds is 6. The van der Waals surface area contributed by atoms with Gasteiger partial charge < -0.3 is 10.6 Å². The molecule has 2 rings (SSSR count). The van der Waals surface area contributed by atoms with E-state index in [4.69, 9.17) is 17.3 Å². The van der Waals surface area contributed by atoms with Crippen molar-refractivity contribution in [2.45, 2.75) is 39.7 Å². The molecule has 0 unspecified atom stereocenters. The van der Waals surface area contributed by atoms with Crippen molar-refractivity contribution in [3.63, 3.8) is 0 Å². The fourth-order valence-corrected chi connectivity index (χ4v) is 2.91. The van der Waals surface area contributed by atoms with E-state index >= 15 is 0 Å². The van der Waals surface area contributed by atoms with E-state index in [1.54, 1.807) is 10.9 Å². The van der Waals surface area contributed by atoms with E-state index in [9.17, 15) is 4.79 Å². The highest BCUT2D eigenvalue weighted by Crippen LogP contribution is 2.28. The molecule has 2 N–H and O–H groups in total. The van der Waals surface area contributed by atoms with Crippen LogP contribution < -0.4 is 16.2 Å². The summed E-state index contributed by atoms with van der Waals surface area (Å²) in [4.78, 5) is 14.5. The normalized spacial score (nSPS) is 15.9. The smallest absolute Gasteiger partial charge is 0.291 e. The molecule has 6 heteroatoms. The number of hydrogen-bond acceptors (Lipinski definition) is 4. The molecule has 0 saturated heterocycles. The van der Waals surface area contributed by atoms with E-state index in [2.05, 4.69) is 18.9 Å². The van der Waals surface area contributed by atoms with E-state index in [0.29, 0.717) is 36.3 Å². The maximum atomic E-state index is 12.6. The number of hydrogen-bond donors (Lipinski definition) is 1. The minimum atomic E-state index is -0.107. The quantitative estimate of drug-likeness (QED) is 0.874. The van der Waals surface area contributed by atoms with Crippen molar-refractivity contribution in [2.24, 2.45) is 17.1 Å². The van der Waals surface area contributed by atoms with E-state index in [1.807, 2.05) is 11.9 Å². The van der Waals surface area contributed by atoms with Crippen molar-refractivity contribution in [2.75, 3.05) is 25.0 Å². The van der Waals surface area contributed by atoms with E-state index in [1.165, 1.54) is 19.3 Å². The molecule has 5 nitrogen and oxygen atoms in total. The Bertz CT molecular complexity index is 551. The molecule has 0 aliphatic heterocycles. The summed E-state index contributed by atoms with van der Waals surface area (Å²) in [6.07, 6.45) is 5.19. The van der Waals surface area contributed by atoms with Gasteiger partial charge in [0, 0.05) is 20.1 Å². The largest absolute Gasteiger partial charge is 0.368 e. The first-order valence-electron chi connectivity index (χ1n) is 7.51. The van der Waals surface area contributed by atoms with E-state index in [-0.39, 0.29) is 11.0 Å². The lowest BCUT2D eigenvalue weighted by Gasteiger charge is -2.31. The molecule has 1 heterocycles. The Morgan fingerprint density at radius 2 is 2.19 bits per heavy atom. The maximum absolute atomic E-state index is 12.6. The molecule has 0 amide bonds. The molecule has 0 radical (unpaired) electrons. The minimum absolute atomic E-state index is 0.0768. The standard InChI is InChI=1S/C15H25ClN4O/c1-15(2,9-17)10-19(3)13-12(16)7-18-20(14(13)21)8-11-5-4-6-11/h7,11H,4-6,8-10,17H2,1-3H3. The summed E-state index contributed by atoms with van der Waals surface area (Å²) in [5.41, 5.74) is 6.11. The van der Waals surface area contributed by atoms with Crippen LogP contribution in [0.4, 0.5) is 5.69 Å². The Kier molecular flexibility index (Phi) is 4.94. The predicted molar refractivity (Wildman–Crippen MR) is 87.0 cm³/mol. The first kappa shape index (κ1) is 16.3. The molecular formula is C15H25ClN4O. The van der Waals surface area contributed by atoms with Gasteiger partial charge in [0.25, 0.3) is 5.56 Å². The van der Waals surface area contributed by atoms with Crippen LogP contribution in [0, 0.1) is 11.3 Å². The van der Waals surface area contributed by atoms with Gasteiger partial charge in [-0.2, -0.15) is 5.10 Å². The summed E-state index contributed by atoms with van der Waals surface area (Å²) >= 11 is 6.20. The molecule has 0 atom stereocenters. The van der Waals surface area contributed by atoms with Crippen LogP contribution in [0.5, 0.6) is 0 Å². The van der Waals surface area contributed by atoms with Gasteiger partial charge >= 0.3 is 0 Å². The predicted octanol–water partition coefficient (Wildman–Crippen LogP) is 2.12. The second-order valence-corrected chi connectivity index (χ2v) is 7.26. The van der Waals surface area contributed by atoms with Crippen LogP contribution in [-0.2, 0) is 6.54 Å². The lowest BCUT2D eigenvalue weighted by Crippen LogP contribution is -2.40. The van der Waals surface area contributed by atoms with Crippen LogP contribution in [0.3, 0.4) is 0 Å². The Labute approximate surface area is 131 Å². The summed E-state index contributed by atoms with van der Waals surface area (Å²) in [7, 11) is 1.88. The average molecular weight is 313 g/mol. The average Bonchev–Trinajstić information content (AvgIpc) is 2.35. The van der Waals surface area contributed by atoms with Gasteiger partial charge in [0.2, 0.25) is 0 Å². The Balaban J connectivity index is 2.24. The third kappa shape index (κ3) is 3.77. The summed E-state index contributed by atoms with van der Waals surface area (Å²) in [5, 5.41) is 4.58. The van der Waals surface area contributed by atoms with Gasteiger partial charge in [-0.15, -0.1) is 0 Å². The summed E-state index contributed by atoms with van der Waals surface area (Å²) in [5.74, 6) is 0.579. The highest BCUT2D eigenvalue weighted by Gasteiger charge is 2.24. The first-order chi connectivity index (χ1) is 9.84. The summed E-state index contributed by atoms with van der Waals surface area (Å²) < 4.78 is 1.55. The van der Waals surface area contributed by atoms with Crippen molar-refractivity contribution in [1.82, 2.24) is 9.78 Å². The fourth-order valence-electron chi connectivity index (χ4n) is 2.64. The molecule has 1 aromatic rings. The lowest BCUT2D eigenvalue weighted by atomic mass is 9.85. The van der Waals surface area contributed by atoms with Crippen molar-refractivity contribution >= 4 is 17.3 Å². The van der Waals surface area contributed by atoms with Crippen molar-refractivity contribution in [1.29, 1.82) is 0 Å². The summed E-state index contributed by atoms with van der Waals surface area (Å²) in [6, 6.07) is 0. The molecule has 118 valence electrons. The molecule has 1 fully saturated rings. The minimum Gasteiger partial charge on any atom is -0.368 e. The van der Waals surface area contributed by atoms with Crippen LogP contribution >= 0.6 is 11.6 Å². The number of nitrogens with zero attached hydrogens (tertiary/aromatic N) is 3. The van der Waals surface area contributed by atoms with Crippen molar-refractivity contribution in [3.05, 3.63) is 21.6 Å². The zero-order valence-corrected chi connectivity index (χ0v) is 13.9. The molecule has 1 aromatic heterocycles. The van der Waals surface area contributed by atoms with Gasteiger partial charge in [-0.25, -0.2) is 4.68 Å². The van der Waals surface area contributed by atoms with Crippen molar-refractivity contribution < 1.29 is 0 Å². The second kappa shape index (κ2) is 6.36. The molecule has 1 aliphatic carbocycles. The van der Waals surface area contributed by atoms with Gasteiger partial charge in [0.15, 0.2) is 0 Å². The lowest BCUT2D eigenvalue weighted by molar-refractivity contribution is 0.261. The molecule has 1 aliphatic rings. The number of nitrogens with two attached hydrogens (primary N) is 1. The maximum Gasteiger partial charge on any atom is 0.291 e. The Morgan fingerprint density at radius 3 is 2.71 bits per heavy atom. The highest BCUT2D eigenvalue weighted by atomic mass is 35.5. The SMILES string of the molecule is CN(CC(C)(C)CN)c1c(Cl)cnn(CC2CCC2)c1=O. The van der Waals surface area contributed by atoms with Crippen LogP contribution in [0.25, 0.3) is 0 Å². The third-order valence-corrected chi connectivity index (χ3v) is 4.51. The Morgan fingerprint density at radius 1 is 1.52 bits per heavy atom. The highest BCUT2D eigenvalue weighted by molar-refractivity contribution is 6.33. The molecular weight excluding hydrogens is 288 g/mol. The molecule has 0 aromatic carbocycles. The zero-order valence-electron chi connectivity index (χ0n) is 13.1. The van der Waals surface area contributed by atoms with Crippen LogP contribution in [0.15, 0.2) is 11.0 Å². The molecule has 1 saturated carbocycles. The van der Waals surface area contributed by atoms with Gasteiger partial charge in [-0.3, -0.25) is 4.79 Å². The molecule has 0 spiro atoms. The van der Waals surface area contributed by atoms with E-state index < -0.39 is 0 Å². The van der Waals surface area contributed by atoms with Crippen LogP contribution in [-0.4, -0.2) is 29.9 Å². The zero-order chi connectivity index (χ0) is 15.6. The second-order valence-electron chi connectivity index (χ2n) is 6.85. The van der Waals surface area contributed by atoms with Crippen LogP contribution in [0.1, 0.15) is 33.1 Å². The topological polar surface area (TPSA) is 64.2 Å². The molecule has 21 heavy (non-hydrogen) atoms. The number of anilines is 1. The van der Waals surface area contributed by atoms with E-state index in [0.717, 1.165) is 0 Å². The van der Waals surface area contributed by atoms with Crippen molar-refractivity contribution in [3.8, 4) is 0 Å². The van der Waals surface area contributed by atoms with Gasteiger partial charge in [-0.1, -0.05) is 31.9 Å². The van der Waals surface area contributed by atoms with Gasteiger partial charge in [-0.05, 0) is 30.7 Å². The molecule has 0 bridgehead atoms. The Hall–Kier alpha value is -1.07. The fraction of sp³-hybridized carbons (Fsp3) is 0.733. The monoisotopic (exact) mass is 312 g/mol. The van der Waals surface area contributed by atoms with Gasteiger partial charge in [0.1, 0.15) is 5.69 Å². The third-order valence-electron chi connectivity index (χ3n) is 4.23. The first-order valence-corrected chi connectivity index (χ1v) is 7.88. The summed E-state index contributed by atoms with van der Waals surface area (Å²) in [6.45, 7) is 6.07. The van der Waals surface area contributed by atoms with Gasteiger partial charge in [0.05, 0.1) is 11.2 Å². The number of halogens is 1. The number of aromatic nitrogens is 2. The van der Waals surface area contributed by atoms with Crippen LogP contribution in [0.2, 0.25) is 5.02 Å².